The van der Waals surface area contributed by atoms with E-state index in [0.29, 0.717) is 13.1 Å². The highest BCUT2D eigenvalue weighted by molar-refractivity contribution is 7.59. The molecule has 1 heterocycles. The maximum absolute atomic E-state index is 14.3. The summed E-state index contributed by atoms with van der Waals surface area (Å²) in [5.41, 5.74) is -1.57. The van der Waals surface area contributed by atoms with E-state index < -0.39 is 49.4 Å². The molecule has 7 nitrogen and oxygen atoms in total. The fourth-order valence-electron chi connectivity index (χ4n) is 2.46. The minimum absolute atomic E-state index is 0.157. The van der Waals surface area contributed by atoms with Crippen molar-refractivity contribution >= 4 is 19.5 Å². The quantitative estimate of drug-likeness (QED) is 0.180. The predicted octanol–water partition coefficient (Wildman–Crippen LogP) is 4.78. The number of alkyl halides is 6. The van der Waals surface area contributed by atoms with Crippen LogP contribution in [0.5, 0.6) is 0 Å². The first kappa shape index (κ1) is 27.9. The van der Waals surface area contributed by atoms with Gasteiger partial charge in [0.05, 0.1) is 12.5 Å². The molecule has 0 atom stereocenters. The Balaban J connectivity index is 3.16. The summed E-state index contributed by atoms with van der Waals surface area (Å²) in [4.78, 5) is 20.7. The molecule has 0 amide bonds. The predicted molar refractivity (Wildman–Crippen MR) is 104 cm³/mol. The molecule has 0 aliphatic rings. The summed E-state index contributed by atoms with van der Waals surface area (Å²) in [5, 5.41) is 0. The molecule has 0 N–H and O–H groups in total. The molecule has 1 rings (SSSR count). The molecule has 0 aliphatic carbocycles. The van der Waals surface area contributed by atoms with Crippen LogP contribution >= 0.6 is 7.37 Å². The molecule has 15 heteroatoms. The van der Waals surface area contributed by atoms with Gasteiger partial charge in [-0.05, 0) is 12.8 Å². The number of nitrogens with zero attached hydrogens (tertiary/aromatic N) is 4. The largest absolute Gasteiger partial charge is 0.399 e. The summed E-state index contributed by atoms with van der Waals surface area (Å²) in [6.45, 7) is 5.12. The molecule has 0 radical (unpaired) electrons. The summed E-state index contributed by atoms with van der Waals surface area (Å²) >= 11 is 0. The number of halogens is 7. The van der Waals surface area contributed by atoms with Crippen molar-refractivity contribution in [2.45, 2.75) is 51.9 Å². The Labute approximate surface area is 179 Å². The van der Waals surface area contributed by atoms with Crippen LogP contribution in [0, 0.1) is 5.82 Å². The Morgan fingerprint density at radius 2 is 1.59 bits per heavy atom. The van der Waals surface area contributed by atoms with Crippen LogP contribution in [0.15, 0.2) is 16.0 Å². The van der Waals surface area contributed by atoms with Gasteiger partial charge in [-0.3, -0.25) is 4.57 Å². The third-order valence-electron chi connectivity index (χ3n) is 3.85. The first-order valence-corrected chi connectivity index (χ1v) is 11.7. The fraction of sp³-hybridized carbons (Fsp3) is 0.706. The van der Waals surface area contributed by atoms with Crippen molar-refractivity contribution in [2.75, 3.05) is 25.4 Å². The Morgan fingerprint density at radius 3 is 2.03 bits per heavy atom. The standard InChI is InChI=1S/C17H24F7N4O3P/c1-3-5-7-27(8-6-4-2)12-25-14-13(18)9-28(15(29)26-14)31-32(30,10-16(19,20)21)11-17(22,23)24/h9,12H,3-8,10-11H2,1-2H3. The van der Waals surface area contributed by atoms with E-state index in [9.17, 15) is 40.1 Å². The number of aromatic nitrogens is 2. The van der Waals surface area contributed by atoms with Crippen molar-refractivity contribution in [3.05, 3.63) is 22.5 Å². The van der Waals surface area contributed by atoms with E-state index in [4.69, 9.17) is 0 Å². The van der Waals surface area contributed by atoms with E-state index in [1.54, 1.807) is 4.90 Å². The Kier molecular flexibility index (Phi) is 10.2. The van der Waals surface area contributed by atoms with Gasteiger partial charge in [-0.25, -0.2) is 14.2 Å². The molecule has 0 saturated carbocycles. The van der Waals surface area contributed by atoms with Gasteiger partial charge in [0.2, 0.25) is 0 Å². The third kappa shape index (κ3) is 10.5. The van der Waals surface area contributed by atoms with Crippen LogP contribution in [0.4, 0.5) is 36.6 Å². The molecule has 0 spiro atoms. The highest BCUT2D eigenvalue weighted by atomic mass is 31.2. The van der Waals surface area contributed by atoms with Crippen molar-refractivity contribution in [3.8, 4) is 0 Å². The average molecular weight is 496 g/mol. The summed E-state index contributed by atoms with van der Waals surface area (Å²) in [6, 6.07) is 0. The summed E-state index contributed by atoms with van der Waals surface area (Å²) in [7, 11) is -5.54. The number of rotatable bonds is 12. The molecular weight excluding hydrogens is 472 g/mol. The van der Waals surface area contributed by atoms with Crippen LogP contribution < -0.4 is 10.3 Å². The minimum atomic E-state index is -5.54. The minimum Gasteiger partial charge on any atom is -0.363 e. The molecule has 32 heavy (non-hydrogen) atoms. The average Bonchev–Trinajstić information content (AvgIpc) is 2.61. The van der Waals surface area contributed by atoms with Gasteiger partial charge in [-0.15, -0.1) is 4.73 Å². The Hall–Kier alpha value is -2.11. The van der Waals surface area contributed by atoms with Gasteiger partial charge in [-0.2, -0.15) is 31.3 Å². The molecule has 0 aromatic carbocycles. The van der Waals surface area contributed by atoms with Crippen molar-refractivity contribution in [2.24, 2.45) is 4.99 Å². The zero-order chi connectivity index (χ0) is 24.6. The van der Waals surface area contributed by atoms with Crippen molar-refractivity contribution in [3.63, 3.8) is 0 Å². The Morgan fingerprint density at radius 1 is 1.09 bits per heavy atom. The maximum atomic E-state index is 14.3. The van der Waals surface area contributed by atoms with Gasteiger partial charge < -0.3 is 9.52 Å². The van der Waals surface area contributed by atoms with Gasteiger partial charge in [0.25, 0.3) is 7.37 Å². The van der Waals surface area contributed by atoms with Gasteiger partial charge in [0, 0.05) is 13.1 Å². The van der Waals surface area contributed by atoms with Crippen LogP contribution in [-0.4, -0.2) is 58.7 Å². The second kappa shape index (κ2) is 11.7. The SMILES string of the molecule is CCCCN(C=Nc1nc(=O)n(OP(=O)(CC(F)(F)F)CC(F)(F)F)cc1F)CCCC. The molecule has 0 bridgehead atoms. The normalized spacial score (nSPS) is 13.0. The van der Waals surface area contributed by atoms with Gasteiger partial charge in [0.1, 0.15) is 12.3 Å². The lowest BCUT2D eigenvalue weighted by Gasteiger charge is -2.22. The van der Waals surface area contributed by atoms with E-state index in [0.717, 1.165) is 25.7 Å². The number of hydrogen-bond acceptors (Lipinski definition) is 5. The van der Waals surface area contributed by atoms with Crippen LogP contribution in [0.2, 0.25) is 0 Å². The number of aliphatic imine (C=N–C) groups is 1. The number of hydrogen-bond donors (Lipinski definition) is 0. The maximum Gasteiger partial charge on any atom is 0.399 e. The topological polar surface area (TPSA) is 76.8 Å². The molecule has 0 saturated heterocycles. The first-order chi connectivity index (χ1) is 14.7. The van der Waals surface area contributed by atoms with Crippen LogP contribution in [0.3, 0.4) is 0 Å². The third-order valence-corrected chi connectivity index (χ3v) is 6.01. The van der Waals surface area contributed by atoms with Crippen molar-refractivity contribution in [1.29, 1.82) is 0 Å². The van der Waals surface area contributed by atoms with E-state index in [1.807, 2.05) is 13.8 Å². The summed E-state index contributed by atoms with van der Waals surface area (Å²) in [6.07, 6.45) is -10.7. The van der Waals surface area contributed by atoms with Crippen molar-refractivity contribution < 1.29 is 39.9 Å². The summed E-state index contributed by atoms with van der Waals surface area (Å²) < 4.78 is 106. The monoisotopic (exact) mass is 496 g/mol. The fourth-order valence-corrected chi connectivity index (χ4v) is 4.22. The lowest BCUT2D eigenvalue weighted by Crippen LogP contribution is -2.33. The summed E-state index contributed by atoms with van der Waals surface area (Å²) in [5.74, 6) is -2.10. The van der Waals surface area contributed by atoms with Gasteiger partial charge in [0.15, 0.2) is 11.6 Å². The van der Waals surface area contributed by atoms with E-state index >= 15 is 0 Å². The molecular formula is C17H24F7N4O3P. The second-order valence-electron chi connectivity index (χ2n) is 6.95. The zero-order valence-electron chi connectivity index (χ0n) is 17.4. The highest BCUT2D eigenvalue weighted by Gasteiger charge is 2.48. The van der Waals surface area contributed by atoms with Crippen LogP contribution in [0.1, 0.15) is 39.5 Å². The lowest BCUT2D eigenvalue weighted by molar-refractivity contribution is -0.115. The number of unbranched alkanes of at least 4 members (excludes halogenated alkanes) is 2. The van der Waals surface area contributed by atoms with Crippen LogP contribution in [0.25, 0.3) is 0 Å². The van der Waals surface area contributed by atoms with Gasteiger partial charge in [-0.1, -0.05) is 26.7 Å². The Bertz CT molecular complexity index is 843. The second-order valence-corrected chi connectivity index (χ2v) is 9.38. The van der Waals surface area contributed by atoms with Crippen molar-refractivity contribution in [1.82, 2.24) is 14.6 Å². The van der Waals surface area contributed by atoms with Crippen LogP contribution in [-0.2, 0) is 4.57 Å². The van der Waals surface area contributed by atoms with E-state index in [2.05, 4.69) is 14.6 Å². The van der Waals surface area contributed by atoms with E-state index in [-0.39, 0.29) is 10.9 Å². The molecule has 0 fully saturated rings. The van der Waals surface area contributed by atoms with E-state index in [1.165, 1.54) is 6.34 Å². The smallest absolute Gasteiger partial charge is 0.363 e. The molecule has 1 aromatic heterocycles. The van der Waals surface area contributed by atoms with Gasteiger partial charge >= 0.3 is 18.0 Å². The highest BCUT2D eigenvalue weighted by Crippen LogP contribution is 2.51. The molecule has 1 aromatic rings. The molecule has 0 unspecified atom stereocenters. The first-order valence-electron chi connectivity index (χ1n) is 9.67. The zero-order valence-corrected chi connectivity index (χ0v) is 18.3. The molecule has 0 aliphatic heterocycles. The molecule has 184 valence electrons. The lowest BCUT2D eigenvalue weighted by atomic mass is 10.3.